The van der Waals surface area contributed by atoms with E-state index >= 15 is 0 Å². The number of aromatic nitrogens is 2. The molecule has 126 valence electrons. The molecule has 2 fully saturated rings. The summed E-state index contributed by atoms with van der Waals surface area (Å²) in [6.45, 7) is 3.97. The molecule has 24 heavy (non-hydrogen) atoms. The van der Waals surface area contributed by atoms with Crippen molar-refractivity contribution in [2.45, 2.75) is 25.7 Å². The molecule has 1 aliphatic heterocycles. The number of imidazole rings is 1. The van der Waals surface area contributed by atoms with Gasteiger partial charge in [0.25, 0.3) is 5.91 Å². The van der Waals surface area contributed by atoms with Crippen molar-refractivity contribution in [2.24, 2.45) is 7.05 Å². The number of fused-ring (bicyclic) bond motifs is 1. The molecule has 2 amide bonds. The van der Waals surface area contributed by atoms with Crippen molar-refractivity contribution in [1.29, 1.82) is 0 Å². The summed E-state index contributed by atoms with van der Waals surface area (Å²) in [7, 11) is 2.05. The molecule has 2 aliphatic rings. The summed E-state index contributed by atoms with van der Waals surface area (Å²) in [6, 6.07) is 5.79. The molecule has 0 bridgehead atoms. The minimum absolute atomic E-state index is 0.0266. The molecule has 0 unspecified atom stereocenters. The van der Waals surface area contributed by atoms with Crippen LogP contribution in [0.3, 0.4) is 0 Å². The Kier molecular flexibility index (Phi) is 3.55. The Bertz CT molecular complexity index is 814. The summed E-state index contributed by atoms with van der Waals surface area (Å²) in [4.78, 5) is 32.5. The van der Waals surface area contributed by atoms with Gasteiger partial charge in [-0.15, -0.1) is 0 Å². The van der Waals surface area contributed by atoms with E-state index in [1.54, 1.807) is 11.8 Å². The van der Waals surface area contributed by atoms with Gasteiger partial charge in [-0.25, -0.2) is 4.98 Å². The van der Waals surface area contributed by atoms with E-state index in [-0.39, 0.29) is 11.8 Å². The van der Waals surface area contributed by atoms with Crippen molar-refractivity contribution in [2.75, 3.05) is 26.2 Å². The highest BCUT2D eigenvalue weighted by Gasteiger charge is 2.29. The number of amides is 2. The summed E-state index contributed by atoms with van der Waals surface area (Å²) < 4.78 is 2.15. The summed E-state index contributed by atoms with van der Waals surface area (Å²) in [5.74, 6) is 1.81. The normalized spacial score (nSPS) is 18.2. The quantitative estimate of drug-likeness (QED) is 0.845. The summed E-state index contributed by atoms with van der Waals surface area (Å²) >= 11 is 0. The smallest absolute Gasteiger partial charge is 0.254 e. The van der Waals surface area contributed by atoms with Crippen LogP contribution in [-0.2, 0) is 11.8 Å². The van der Waals surface area contributed by atoms with Gasteiger partial charge in [0, 0.05) is 51.6 Å². The summed E-state index contributed by atoms with van der Waals surface area (Å²) in [5, 5.41) is 0. The first-order valence-corrected chi connectivity index (χ1v) is 8.56. The molecule has 6 heteroatoms. The Hall–Kier alpha value is -2.37. The minimum atomic E-state index is 0.0266. The van der Waals surface area contributed by atoms with Gasteiger partial charge < -0.3 is 14.4 Å². The van der Waals surface area contributed by atoms with Crippen molar-refractivity contribution in [3.63, 3.8) is 0 Å². The molecule has 1 saturated heterocycles. The first-order chi connectivity index (χ1) is 11.5. The lowest BCUT2D eigenvalue weighted by Crippen LogP contribution is -2.50. The Labute approximate surface area is 141 Å². The number of nitrogens with zero attached hydrogens (tertiary/aromatic N) is 4. The number of hydrogen-bond donors (Lipinski definition) is 0. The van der Waals surface area contributed by atoms with E-state index in [0.717, 1.165) is 16.9 Å². The zero-order valence-corrected chi connectivity index (χ0v) is 14.2. The highest BCUT2D eigenvalue weighted by molar-refractivity contribution is 5.97. The van der Waals surface area contributed by atoms with Crippen molar-refractivity contribution in [3.05, 3.63) is 29.6 Å². The Morgan fingerprint density at radius 2 is 1.75 bits per heavy atom. The van der Waals surface area contributed by atoms with E-state index in [1.165, 1.54) is 12.8 Å². The number of carbonyl (C=O) groups is 2. The van der Waals surface area contributed by atoms with E-state index in [9.17, 15) is 9.59 Å². The lowest BCUT2D eigenvalue weighted by molar-refractivity contribution is -0.130. The molecule has 4 rings (SSSR count). The van der Waals surface area contributed by atoms with Crippen LogP contribution in [0.15, 0.2) is 18.2 Å². The van der Waals surface area contributed by atoms with E-state index < -0.39 is 0 Å². The number of rotatable bonds is 2. The second kappa shape index (κ2) is 5.61. The topological polar surface area (TPSA) is 58.4 Å². The van der Waals surface area contributed by atoms with Crippen LogP contribution >= 0.6 is 0 Å². The predicted molar refractivity (Wildman–Crippen MR) is 90.8 cm³/mol. The van der Waals surface area contributed by atoms with Gasteiger partial charge in [-0.1, -0.05) is 0 Å². The minimum Gasteiger partial charge on any atom is -0.339 e. The second-order valence-electron chi connectivity index (χ2n) is 6.81. The maximum Gasteiger partial charge on any atom is 0.254 e. The van der Waals surface area contributed by atoms with Gasteiger partial charge in [0.2, 0.25) is 5.91 Å². The number of hydrogen-bond acceptors (Lipinski definition) is 3. The standard InChI is InChI=1S/C18H22N4O2/c1-12(23)21-7-9-22(10-8-21)18(24)14-5-6-16-15(11-14)19-17(20(16)2)13-3-4-13/h5-6,11,13H,3-4,7-10H2,1-2H3. The number of aryl methyl sites for hydroxylation is 1. The van der Waals surface area contributed by atoms with Crippen LogP contribution in [0.4, 0.5) is 0 Å². The van der Waals surface area contributed by atoms with Crippen LogP contribution in [0, 0.1) is 0 Å². The predicted octanol–water partition coefficient (Wildman–Crippen LogP) is 1.75. The molecule has 2 aromatic rings. The van der Waals surface area contributed by atoms with Crippen LogP contribution < -0.4 is 0 Å². The fraction of sp³-hybridized carbons (Fsp3) is 0.500. The van der Waals surface area contributed by atoms with Crippen LogP contribution in [0.25, 0.3) is 11.0 Å². The molecule has 1 aromatic carbocycles. The molecule has 1 saturated carbocycles. The van der Waals surface area contributed by atoms with Gasteiger partial charge in [0.1, 0.15) is 5.82 Å². The number of piperazine rings is 1. The van der Waals surface area contributed by atoms with E-state index in [2.05, 4.69) is 4.57 Å². The van der Waals surface area contributed by atoms with Crippen LogP contribution in [0.2, 0.25) is 0 Å². The maximum absolute atomic E-state index is 12.7. The molecular formula is C18H22N4O2. The van der Waals surface area contributed by atoms with E-state index in [1.807, 2.05) is 30.1 Å². The average Bonchev–Trinajstić information content (AvgIpc) is 3.38. The highest BCUT2D eigenvalue weighted by Crippen LogP contribution is 2.40. The molecule has 1 aromatic heterocycles. The lowest BCUT2D eigenvalue weighted by atomic mass is 10.1. The highest BCUT2D eigenvalue weighted by atomic mass is 16.2. The fourth-order valence-corrected chi connectivity index (χ4v) is 3.47. The molecule has 0 radical (unpaired) electrons. The van der Waals surface area contributed by atoms with Crippen molar-refractivity contribution in [1.82, 2.24) is 19.4 Å². The van der Waals surface area contributed by atoms with Gasteiger partial charge in [-0.2, -0.15) is 0 Å². The molecule has 0 atom stereocenters. The Morgan fingerprint density at radius 3 is 2.38 bits per heavy atom. The first-order valence-electron chi connectivity index (χ1n) is 8.56. The third kappa shape index (κ3) is 2.56. The van der Waals surface area contributed by atoms with Crippen molar-refractivity contribution in [3.8, 4) is 0 Å². The third-order valence-corrected chi connectivity index (χ3v) is 5.12. The number of benzene rings is 1. The molecule has 6 nitrogen and oxygen atoms in total. The van der Waals surface area contributed by atoms with Gasteiger partial charge >= 0.3 is 0 Å². The zero-order chi connectivity index (χ0) is 16.8. The van der Waals surface area contributed by atoms with E-state index in [4.69, 9.17) is 4.98 Å². The molecule has 0 N–H and O–H groups in total. The average molecular weight is 326 g/mol. The summed E-state index contributed by atoms with van der Waals surface area (Å²) in [6.07, 6.45) is 2.42. The van der Waals surface area contributed by atoms with Crippen molar-refractivity contribution >= 4 is 22.8 Å². The molecule has 0 spiro atoms. The zero-order valence-electron chi connectivity index (χ0n) is 14.2. The van der Waals surface area contributed by atoms with Crippen molar-refractivity contribution < 1.29 is 9.59 Å². The first kappa shape index (κ1) is 15.2. The Morgan fingerprint density at radius 1 is 1.08 bits per heavy atom. The van der Waals surface area contributed by atoms with Crippen LogP contribution in [-0.4, -0.2) is 57.3 Å². The molecular weight excluding hydrogens is 304 g/mol. The molecule has 2 heterocycles. The third-order valence-electron chi connectivity index (χ3n) is 5.12. The van der Waals surface area contributed by atoms with Gasteiger partial charge in [0.15, 0.2) is 0 Å². The van der Waals surface area contributed by atoms with Gasteiger partial charge in [-0.3, -0.25) is 9.59 Å². The van der Waals surface area contributed by atoms with Crippen LogP contribution in [0.1, 0.15) is 41.9 Å². The summed E-state index contributed by atoms with van der Waals surface area (Å²) in [5.41, 5.74) is 2.65. The SMILES string of the molecule is CC(=O)N1CCN(C(=O)c2ccc3c(c2)nc(C2CC2)n3C)CC1. The largest absolute Gasteiger partial charge is 0.339 e. The monoisotopic (exact) mass is 326 g/mol. The van der Waals surface area contributed by atoms with Crippen LogP contribution in [0.5, 0.6) is 0 Å². The number of carbonyl (C=O) groups excluding carboxylic acids is 2. The van der Waals surface area contributed by atoms with Gasteiger partial charge in [-0.05, 0) is 31.0 Å². The van der Waals surface area contributed by atoms with Gasteiger partial charge in [0.05, 0.1) is 11.0 Å². The Balaban J connectivity index is 1.55. The van der Waals surface area contributed by atoms with E-state index in [0.29, 0.717) is 37.7 Å². The fourth-order valence-electron chi connectivity index (χ4n) is 3.47. The second-order valence-corrected chi connectivity index (χ2v) is 6.81. The maximum atomic E-state index is 12.7. The molecule has 1 aliphatic carbocycles. The lowest BCUT2D eigenvalue weighted by Gasteiger charge is -2.34.